The van der Waals surface area contributed by atoms with Crippen LogP contribution in [0.2, 0.25) is 0 Å². The molecular formula is C17H40N8O2+2. The van der Waals surface area contributed by atoms with Crippen LogP contribution >= 0.6 is 0 Å². The van der Waals surface area contributed by atoms with Crippen molar-refractivity contribution in [2.24, 2.45) is 0 Å². The second-order valence-corrected chi connectivity index (χ2v) is 7.88. The minimum absolute atomic E-state index is 0.0138. The molecule has 0 spiro atoms. The highest BCUT2D eigenvalue weighted by molar-refractivity contribution is 5.71. The van der Waals surface area contributed by atoms with Crippen molar-refractivity contribution in [3.8, 4) is 0 Å². The molecule has 0 unspecified atom stereocenters. The third-order valence-electron chi connectivity index (χ3n) is 5.29. The van der Waals surface area contributed by atoms with E-state index in [0.29, 0.717) is 0 Å². The van der Waals surface area contributed by atoms with Gasteiger partial charge in [0.2, 0.25) is 0 Å². The number of carbonyl (C=O) groups is 1. The van der Waals surface area contributed by atoms with Gasteiger partial charge in [-0.25, -0.2) is 0 Å². The highest BCUT2D eigenvalue weighted by atomic mass is 16.5. The van der Waals surface area contributed by atoms with Gasteiger partial charge >= 0.3 is 5.97 Å². The SMILES string of the molecule is COC(=O)CNC12CNCCNCC([NH3+])(CNCCNC1)C[NH2+]CCNC2. The Balaban J connectivity index is 2.09. The zero-order valence-corrected chi connectivity index (χ0v) is 16.8. The van der Waals surface area contributed by atoms with Crippen LogP contribution in [0.4, 0.5) is 0 Å². The van der Waals surface area contributed by atoms with Crippen LogP contribution in [0.3, 0.4) is 0 Å². The molecule has 0 aliphatic carbocycles. The Labute approximate surface area is 162 Å². The van der Waals surface area contributed by atoms with Gasteiger partial charge in [0, 0.05) is 52.4 Å². The summed E-state index contributed by atoms with van der Waals surface area (Å²) in [6.45, 7) is 10.7. The van der Waals surface area contributed by atoms with Gasteiger partial charge < -0.3 is 42.4 Å². The van der Waals surface area contributed by atoms with Gasteiger partial charge in [0.1, 0.15) is 6.54 Å². The molecule has 11 N–H and O–H groups in total. The highest BCUT2D eigenvalue weighted by Gasteiger charge is 2.33. The zero-order chi connectivity index (χ0) is 19.4. The first-order valence-corrected chi connectivity index (χ1v) is 10.1. The molecule has 0 aromatic heterocycles. The fraction of sp³-hybridized carbons (Fsp3) is 0.941. The number of fused-ring (bicyclic) bond motifs is 15. The number of hydrogen-bond donors (Lipinski definition) is 8. The normalized spacial score (nSPS) is 32.4. The minimum Gasteiger partial charge on any atom is -0.468 e. The van der Waals surface area contributed by atoms with Gasteiger partial charge in [0.15, 0.2) is 5.54 Å². The van der Waals surface area contributed by atoms with Gasteiger partial charge in [0.05, 0.1) is 38.8 Å². The van der Waals surface area contributed by atoms with Crippen molar-refractivity contribution in [2.45, 2.75) is 11.1 Å². The van der Waals surface area contributed by atoms with Crippen molar-refractivity contribution in [3.05, 3.63) is 0 Å². The lowest BCUT2D eigenvalue weighted by atomic mass is 9.98. The third-order valence-corrected chi connectivity index (χ3v) is 5.29. The van der Waals surface area contributed by atoms with Gasteiger partial charge in [-0.2, -0.15) is 0 Å². The van der Waals surface area contributed by atoms with Crippen LogP contribution < -0.4 is 43.0 Å². The number of hydrogen-bond acceptors (Lipinski definition) is 8. The predicted molar refractivity (Wildman–Crippen MR) is 104 cm³/mol. The summed E-state index contributed by atoms with van der Waals surface area (Å²) in [6, 6.07) is 0. The fourth-order valence-electron chi connectivity index (χ4n) is 3.57. The van der Waals surface area contributed by atoms with Crippen LogP contribution in [-0.4, -0.2) is 109 Å². The quantitative estimate of drug-likeness (QED) is 0.223. The van der Waals surface area contributed by atoms with E-state index in [1.807, 2.05) is 0 Å². The minimum atomic E-state index is -0.265. The second-order valence-electron chi connectivity index (χ2n) is 7.88. The topological polar surface area (TPSA) is 143 Å². The zero-order valence-electron chi connectivity index (χ0n) is 16.8. The molecule has 3 fully saturated rings. The molecule has 10 nitrogen and oxygen atoms in total. The Kier molecular flexibility index (Phi) is 9.87. The van der Waals surface area contributed by atoms with Crippen molar-refractivity contribution in [3.63, 3.8) is 0 Å². The van der Waals surface area contributed by atoms with E-state index in [9.17, 15) is 4.79 Å². The Hall–Kier alpha value is -0.850. The van der Waals surface area contributed by atoms with Gasteiger partial charge in [-0.15, -0.1) is 0 Å². The molecule has 3 heterocycles. The molecule has 3 saturated heterocycles. The van der Waals surface area contributed by atoms with E-state index in [-0.39, 0.29) is 23.6 Å². The van der Waals surface area contributed by atoms with Crippen molar-refractivity contribution in [1.82, 2.24) is 31.9 Å². The van der Waals surface area contributed by atoms with Gasteiger partial charge in [-0.1, -0.05) is 0 Å². The molecule has 0 atom stereocenters. The largest absolute Gasteiger partial charge is 0.468 e. The molecule has 27 heavy (non-hydrogen) atoms. The first kappa shape index (κ1) is 22.4. The smallest absolute Gasteiger partial charge is 0.319 e. The van der Waals surface area contributed by atoms with Crippen molar-refractivity contribution in [2.75, 3.05) is 92.2 Å². The first-order chi connectivity index (χ1) is 13.1. The maximum Gasteiger partial charge on any atom is 0.319 e. The number of nitrogens with two attached hydrogens (primary N) is 1. The van der Waals surface area contributed by atoms with E-state index in [1.165, 1.54) is 7.11 Å². The van der Waals surface area contributed by atoms with Crippen LogP contribution in [0.1, 0.15) is 0 Å². The van der Waals surface area contributed by atoms with E-state index in [2.05, 4.69) is 43.0 Å². The average Bonchev–Trinajstić information content (AvgIpc) is 2.67. The maximum atomic E-state index is 11.7. The highest BCUT2D eigenvalue weighted by Crippen LogP contribution is 2.02. The summed E-state index contributed by atoms with van der Waals surface area (Å²) in [5.41, 5.74) is 4.22. The lowest BCUT2D eigenvalue weighted by molar-refractivity contribution is -0.692. The molecular weight excluding hydrogens is 348 g/mol. The fourth-order valence-corrected chi connectivity index (χ4v) is 3.57. The molecule has 0 saturated carbocycles. The number of nitrogens with one attached hydrogen (secondary N) is 6. The van der Waals surface area contributed by atoms with E-state index in [4.69, 9.17) is 4.74 Å². The Morgan fingerprint density at radius 2 is 1.48 bits per heavy atom. The van der Waals surface area contributed by atoms with Gasteiger partial charge in [-0.05, 0) is 0 Å². The van der Waals surface area contributed by atoms with Crippen LogP contribution in [-0.2, 0) is 9.53 Å². The number of methoxy groups -OCH3 is 1. The molecule has 158 valence electrons. The van der Waals surface area contributed by atoms with Gasteiger partial charge in [0.25, 0.3) is 0 Å². The van der Waals surface area contributed by atoms with Crippen LogP contribution in [0.15, 0.2) is 0 Å². The molecule has 0 aromatic rings. The van der Waals surface area contributed by atoms with E-state index in [1.54, 1.807) is 0 Å². The molecule has 3 aliphatic heterocycles. The molecule has 0 radical (unpaired) electrons. The molecule has 2 bridgehead atoms. The molecule has 3 aliphatic rings. The summed E-state index contributed by atoms with van der Waals surface area (Å²) in [6.07, 6.45) is 0. The van der Waals surface area contributed by atoms with Crippen molar-refractivity contribution in [1.29, 1.82) is 0 Å². The number of quaternary nitrogens is 2. The summed E-state index contributed by atoms with van der Waals surface area (Å²) in [5, 5.41) is 23.5. The van der Waals surface area contributed by atoms with Crippen LogP contribution in [0.5, 0.6) is 0 Å². The number of esters is 1. The van der Waals surface area contributed by atoms with E-state index in [0.717, 1.165) is 78.5 Å². The van der Waals surface area contributed by atoms with Crippen molar-refractivity contribution < 1.29 is 20.6 Å². The maximum absolute atomic E-state index is 11.7. The van der Waals surface area contributed by atoms with E-state index >= 15 is 0 Å². The number of ether oxygens (including phenoxy) is 1. The monoisotopic (exact) mass is 388 g/mol. The summed E-state index contributed by atoms with van der Waals surface area (Å²) in [7, 11) is 1.42. The lowest BCUT2D eigenvalue weighted by Gasteiger charge is -2.36. The standard InChI is InChI=1S/C17H38N8O2/c1-27-15(26)8-25-17-12-22-5-2-19-9-16(18,10-20-3-6-23-13-17)11-21-4-7-24-14-17/h19-25H,2-14,18H2,1H3/p+2. The van der Waals surface area contributed by atoms with Crippen molar-refractivity contribution >= 4 is 5.97 Å². The van der Waals surface area contributed by atoms with Gasteiger partial charge in [-0.3, -0.25) is 10.1 Å². The number of rotatable bonds is 3. The Morgan fingerprint density at radius 1 is 0.963 bits per heavy atom. The number of carbonyl (C=O) groups excluding carboxylic acids is 1. The summed E-state index contributed by atoms with van der Waals surface area (Å²) >= 11 is 0. The second kappa shape index (κ2) is 11.9. The Bertz CT molecular complexity index is 394. The first-order valence-electron chi connectivity index (χ1n) is 10.1. The predicted octanol–water partition coefficient (Wildman–Crippen LogP) is -5.99. The molecule has 10 heteroatoms. The van der Waals surface area contributed by atoms with Crippen LogP contribution in [0, 0.1) is 0 Å². The third kappa shape index (κ3) is 8.36. The molecule has 0 aromatic carbocycles. The summed E-state index contributed by atoms with van der Waals surface area (Å²) in [4.78, 5) is 11.7. The molecule has 0 amide bonds. The summed E-state index contributed by atoms with van der Waals surface area (Å²) in [5.74, 6) is -0.244. The summed E-state index contributed by atoms with van der Waals surface area (Å²) < 4.78 is 4.82. The van der Waals surface area contributed by atoms with Crippen LogP contribution in [0.25, 0.3) is 0 Å². The van der Waals surface area contributed by atoms with E-state index < -0.39 is 0 Å². The average molecular weight is 389 g/mol. The Morgan fingerprint density at radius 3 is 2.04 bits per heavy atom. The molecule has 3 rings (SSSR count). The lowest BCUT2D eigenvalue weighted by Crippen LogP contribution is -2.98.